The highest BCUT2D eigenvalue weighted by Crippen LogP contribution is 2.21. The van der Waals surface area contributed by atoms with Gasteiger partial charge < -0.3 is 5.32 Å². The minimum atomic E-state index is 0.754. The summed E-state index contributed by atoms with van der Waals surface area (Å²) in [5, 5.41) is 12.3. The Morgan fingerprint density at radius 1 is 1.14 bits per heavy atom. The van der Waals surface area contributed by atoms with Crippen molar-refractivity contribution in [1.29, 1.82) is 0 Å². The van der Waals surface area contributed by atoms with Gasteiger partial charge in [-0.3, -0.25) is 4.68 Å². The molecule has 0 atom stereocenters. The molecule has 0 saturated carbocycles. The molecule has 0 saturated heterocycles. The van der Waals surface area contributed by atoms with E-state index in [1.165, 1.54) is 11.3 Å². The first-order valence-electron chi connectivity index (χ1n) is 6.99. The van der Waals surface area contributed by atoms with Gasteiger partial charge in [0, 0.05) is 37.2 Å². The zero-order chi connectivity index (χ0) is 14.8. The van der Waals surface area contributed by atoms with Gasteiger partial charge in [-0.25, -0.2) is 4.68 Å². The third kappa shape index (κ3) is 2.54. The molecular formula is C16H19N5. The van der Waals surface area contributed by atoms with Crippen molar-refractivity contribution in [3.05, 3.63) is 59.7 Å². The van der Waals surface area contributed by atoms with E-state index >= 15 is 0 Å². The lowest BCUT2D eigenvalue weighted by atomic mass is 10.2. The molecule has 0 aliphatic rings. The van der Waals surface area contributed by atoms with Crippen LogP contribution in [-0.4, -0.2) is 19.6 Å². The second kappa shape index (κ2) is 5.44. The normalized spacial score (nSPS) is 10.8. The molecule has 3 rings (SSSR count). The Labute approximate surface area is 124 Å². The van der Waals surface area contributed by atoms with Gasteiger partial charge in [-0.2, -0.15) is 10.2 Å². The number of para-hydroxylation sites is 2. The molecule has 5 heteroatoms. The van der Waals surface area contributed by atoms with Crippen LogP contribution in [0.1, 0.15) is 17.0 Å². The van der Waals surface area contributed by atoms with Crippen molar-refractivity contribution in [3.8, 4) is 5.69 Å². The van der Waals surface area contributed by atoms with Crippen LogP contribution >= 0.6 is 0 Å². The largest absolute Gasteiger partial charge is 0.379 e. The van der Waals surface area contributed by atoms with Gasteiger partial charge >= 0.3 is 0 Å². The van der Waals surface area contributed by atoms with E-state index in [9.17, 15) is 0 Å². The maximum absolute atomic E-state index is 4.45. The number of anilines is 1. The maximum atomic E-state index is 4.45. The number of aromatic nitrogens is 4. The molecule has 5 nitrogen and oxygen atoms in total. The molecule has 0 unspecified atom stereocenters. The van der Waals surface area contributed by atoms with Crippen molar-refractivity contribution >= 4 is 5.69 Å². The topological polar surface area (TPSA) is 47.7 Å². The summed E-state index contributed by atoms with van der Waals surface area (Å²) in [5.41, 5.74) is 5.61. The van der Waals surface area contributed by atoms with Crippen molar-refractivity contribution in [2.24, 2.45) is 7.05 Å². The van der Waals surface area contributed by atoms with Crippen molar-refractivity contribution < 1.29 is 0 Å². The Kier molecular flexibility index (Phi) is 3.48. The van der Waals surface area contributed by atoms with E-state index in [1.807, 2.05) is 47.7 Å². The molecule has 0 fully saturated rings. The summed E-state index contributed by atoms with van der Waals surface area (Å²) in [6.07, 6.45) is 3.73. The molecule has 1 aromatic carbocycles. The van der Waals surface area contributed by atoms with E-state index in [0.29, 0.717) is 0 Å². The van der Waals surface area contributed by atoms with E-state index in [-0.39, 0.29) is 0 Å². The Hall–Kier alpha value is -2.56. The minimum absolute atomic E-state index is 0.754. The smallest absolute Gasteiger partial charge is 0.0876 e. The van der Waals surface area contributed by atoms with Crippen LogP contribution in [0.4, 0.5) is 5.69 Å². The summed E-state index contributed by atoms with van der Waals surface area (Å²) in [6, 6.07) is 10.1. The lowest BCUT2D eigenvalue weighted by Gasteiger charge is -2.12. The highest BCUT2D eigenvalue weighted by molar-refractivity contribution is 5.60. The third-order valence-electron chi connectivity index (χ3n) is 3.77. The quantitative estimate of drug-likeness (QED) is 0.800. The van der Waals surface area contributed by atoms with Crippen LogP contribution in [-0.2, 0) is 13.6 Å². The SMILES string of the molecule is Cc1nn(C)c(C)c1CNc1ccccc1-n1cccn1. The molecule has 0 bridgehead atoms. The standard InChI is InChI=1S/C16H19N5/c1-12-14(13(2)20(3)19-12)11-17-15-7-4-5-8-16(15)21-10-6-9-18-21/h4-10,17H,11H2,1-3H3. The van der Waals surface area contributed by atoms with Crippen LogP contribution < -0.4 is 5.32 Å². The van der Waals surface area contributed by atoms with Crippen molar-refractivity contribution in [1.82, 2.24) is 19.6 Å². The van der Waals surface area contributed by atoms with E-state index in [4.69, 9.17) is 0 Å². The molecule has 0 amide bonds. The second-order valence-electron chi connectivity index (χ2n) is 5.09. The Bertz CT molecular complexity index is 740. The number of nitrogens with one attached hydrogen (secondary N) is 1. The van der Waals surface area contributed by atoms with Gasteiger partial charge in [-0.15, -0.1) is 0 Å². The molecular weight excluding hydrogens is 262 g/mol. The fourth-order valence-corrected chi connectivity index (χ4v) is 2.49. The predicted octanol–water partition coefficient (Wildman–Crippen LogP) is 2.83. The highest BCUT2D eigenvalue weighted by atomic mass is 15.3. The Morgan fingerprint density at radius 2 is 1.95 bits per heavy atom. The average molecular weight is 281 g/mol. The summed E-state index contributed by atoms with van der Waals surface area (Å²) in [6.45, 7) is 4.89. The first kappa shape index (κ1) is 13.4. The zero-order valence-electron chi connectivity index (χ0n) is 12.5. The van der Waals surface area contributed by atoms with Crippen LogP contribution in [0.5, 0.6) is 0 Å². The molecule has 108 valence electrons. The van der Waals surface area contributed by atoms with Crippen molar-refractivity contribution in [2.75, 3.05) is 5.32 Å². The van der Waals surface area contributed by atoms with Crippen LogP contribution in [0.3, 0.4) is 0 Å². The fraction of sp³-hybridized carbons (Fsp3) is 0.250. The first-order chi connectivity index (χ1) is 10.2. The summed E-state index contributed by atoms with van der Waals surface area (Å²) in [7, 11) is 1.98. The van der Waals surface area contributed by atoms with Gasteiger partial charge in [-0.1, -0.05) is 12.1 Å². The van der Waals surface area contributed by atoms with Gasteiger partial charge in [0.15, 0.2) is 0 Å². The highest BCUT2D eigenvalue weighted by Gasteiger charge is 2.10. The maximum Gasteiger partial charge on any atom is 0.0876 e. The van der Waals surface area contributed by atoms with Gasteiger partial charge in [0.2, 0.25) is 0 Å². The monoisotopic (exact) mass is 281 g/mol. The second-order valence-corrected chi connectivity index (χ2v) is 5.09. The molecule has 0 spiro atoms. The zero-order valence-corrected chi connectivity index (χ0v) is 12.5. The number of aryl methyl sites for hydroxylation is 2. The summed E-state index contributed by atoms with van der Waals surface area (Å²) >= 11 is 0. The average Bonchev–Trinajstić information content (AvgIpc) is 3.08. The van der Waals surface area contributed by atoms with E-state index in [0.717, 1.165) is 23.6 Å². The molecule has 1 N–H and O–H groups in total. The van der Waals surface area contributed by atoms with E-state index in [1.54, 1.807) is 6.20 Å². The lowest BCUT2D eigenvalue weighted by Crippen LogP contribution is -2.06. The Balaban J connectivity index is 1.86. The van der Waals surface area contributed by atoms with E-state index < -0.39 is 0 Å². The van der Waals surface area contributed by atoms with Crippen molar-refractivity contribution in [2.45, 2.75) is 20.4 Å². The number of rotatable bonds is 4. The van der Waals surface area contributed by atoms with Gasteiger partial charge in [0.25, 0.3) is 0 Å². The predicted molar refractivity (Wildman–Crippen MR) is 83.6 cm³/mol. The third-order valence-corrected chi connectivity index (χ3v) is 3.77. The molecule has 0 aliphatic carbocycles. The van der Waals surface area contributed by atoms with Crippen molar-refractivity contribution in [3.63, 3.8) is 0 Å². The number of benzene rings is 1. The minimum Gasteiger partial charge on any atom is -0.379 e. The van der Waals surface area contributed by atoms with Gasteiger partial charge in [0.1, 0.15) is 0 Å². The number of nitrogens with zero attached hydrogens (tertiary/aromatic N) is 4. The molecule has 21 heavy (non-hydrogen) atoms. The fourth-order valence-electron chi connectivity index (χ4n) is 2.49. The van der Waals surface area contributed by atoms with Crippen LogP contribution in [0, 0.1) is 13.8 Å². The summed E-state index contributed by atoms with van der Waals surface area (Å²) < 4.78 is 3.79. The van der Waals surface area contributed by atoms with Crippen LogP contribution in [0.25, 0.3) is 5.69 Å². The molecule has 0 radical (unpaired) electrons. The summed E-state index contributed by atoms with van der Waals surface area (Å²) in [5.74, 6) is 0. The number of hydrogen-bond acceptors (Lipinski definition) is 3. The molecule has 3 aromatic rings. The van der Waals surface area contributed by atoms with Gasteiger partial charge in [-0.05, 0) is 32.0 Å². The molecule has 0 aliphatic heterocycles. The Morgan fingerprint density at radius 3 is 2.62 bits per heavy atom. The van der Waals surface area contributed by atoms with E-state index in [2.05, 4.69) is 34.6 Å². The summed E-state index contributed by atoms with van der Waals surface area (Å²) in [4.78, 5) is 0. The van der Waals surface area contributed by atoms with Crippen LogP contribution in [0.15, 0.2) is 42.7 Å². The van der Waals surface area contributed by atoms with Crippen LogP contribution in [0.2, 0.25) is 0 Å². The lowest BCUT2D eigenvalue weighted by molar-refractivity contribution is 0.730. The molecule has 2 heterocycles. The van der Waals surface area contributed by atoms with Gasteiger partial charge in [0.05, 0.1) is 17.1 Å². The number of hydrogen-bond donors (Lipinski definition) is 1. The first-order valence-corrected chi connectivity index (χ1v) is 6.99. The molecule has 2 aromatic heterocycles.